The van der Waals surface area contributed by atoms with Gasteiger partial charge in [-0.2, -0.15) is 0 Å². The SMILES string of the molecule is CCS(=O)(=O)Cc1ncc(C(=O)NN)s1. The molecule has 84 valence electrons. The topological polar surface area (TPSA) is 102 Å². The largest absolute Gasteiger partial charge is 0.289 e. The molecule has 1 aromatic rings. The Hall–Kier alpha value is -0.990. The maximum atomic E-state index is 11.3. The van der Waals surface area contributed by atoms with E-state index in [2.05, 4.69) is 4.98 Å². The van der Waals surface area contributed by atoms with Gasteiger partial charge in [0.25, 0.3) is 5.91 Å². The molecule has 1 heterocycles. The molecule has 0 aliphatic carbocycles. The molecule has 8 heteroatoms. The van der Waals surface area contributed by atoms with Crippen LogP contribution in [0.2, 0.25) is 0 Å². The van der Waals surface area contributed by atoms with E-state index in [0.717, 1.165) is 11.3 Å². The van der Waals surface area contributed by atoms with Crippen molar-refractivity contribution in [3.63, 3.8) is 0 Å². The third-order valence-corrected chi connectivity index (χ3v) is 4.46. The second-order valence-corrected chi connectivity index (χ2v) is 6.24. The highest BCUT2D eigenvalue weighted by atomic mass is 32.2. The van der Waals surface area contributed by atoms with Crippen molar-refractivity contribution < 1.29 is 13.2 Å². The van der Waals surface area contributed by atoms with E-state index < -0.39 is 15.7 Å². The number of nitrogens with one attached hydrogen (secondary N) is 1. The van der Waals surface area contributed by atoms with Gasteiger partial charge in [-0.3, -0.25) is 10.2 Å². The number of hydrogen-bond acceptors (Lipinski definition) is 6. The second kappa shape index (κ2) is 4.69. The number of aromatic nitrogens is 1. The molecule has 0 saturated heterocycles. The van der Waals surface area contributed by atoms with Crippen molar-refractivity contribution >= 4 is 27.1 Å². The van der Waals surface area contributed by atoms with Gasteiger partial charge in [0, 0.05) is 5.75 Å². The Morgan fingerprint density at radius 3 is 2.87 bits per heavy atom. The van der Waals surface area contributed by atoms with Gasteiger partial charge in [0.2, 0.25) is 0 Å². The van der Waals surface area contributed by atoms with Crippen LogP contribution >= 0.6 is 11.3 Å². The van der Waals surface area contributed by atoms with Crippen LogP contribution in [0.15, 0.2) is 6.20 Å². The van der Waals surface area contributed by atoms with Crippen molar-refractivity contribution in [2.45, 2.75) is 12.7 Å². The third kappa shape index (κ3) is 3.26. The zero-order chi connectivity index (χ0) is 11.5. The molecule has 0 aliphatic rings. The van der Waals surface area contributed by atoms with Gasteiger partial charge in [-0.15, -0.1) is 11.3 Å². The zero-order valence-electron chi connectivity index (χ0n) is 8.06. The Labute approximate surface area is 91.4 Å². The van der Waals surface area contributed by atoms with Gasteiger partial charge >= 0.3 is 0 Å². The lowest BCUT2D eigenvalue weighted by molar-refractivity contribution is 0.0957. The average Bonchev–Trinajstić information content (AvgIpc) is 2.64. The van der Waals surface area contributed by atoms with E-state index >= 15 is 0 Å². The molecule has 1 amide bonds. The van der Waals surface area contributed by atoms with Crippen molar-refractivity contribution in [2.75, 3.05) is 5.75 Å². The Morgan fingerprint density at radius 2 is 2.33 bits per heavy atom. The van der Waals surface area contributed by atoms with Gasteiger partial charge in [-0.05, 0) is 0 Å². The molecule has 0 unspecified atom stereocenters. The number of carbonyl (C=O) groups is 1. The number of rotatable bonds is 4. The number of hydrazine groups is 1. The van der Waals surface area contributed by atoms with Crippen LogP contribution in [0.3, 0.4) is 0 Å². The van der Waals surface area contributed by atoms with Crippen LogP contribution in [0.5, 0.6) is 0 Å². The molecule has 15 heavy (non-hydrogen) atoms. The minimum atomic E-state index is -3.11. The van der Waals surface area contributed by atoms with E-state index in [4.69, 9.17) is 5.84 Å². The van der Waals surface area contributed by atoms with Crippen LogP contribution in [0.4, 0.5) is 0 Å². The summed E-state index contributed by atoms with van der Waals surface area (Å²) in [6.07, 6.45) is 1.31. The fourth-order valence-electron chi connectivity index (χ4n) is 0.843. The first-order chi connectivity index (χ1) is 6.98. The first-order valence-corrected chi connectivity index (χ1v) is 6.78. The van der Waals surface area contributed by atoms with Crippen molar-refractivity contribution in [1.29, 1.82) is 0 Å². The predicted octanol–water partition coefficient (Wildman–Crippen LogP) is -0.319. The lowest BCUT2D eigenvalue weighted by Gasteiger charge is -1.95. The molecular weight excluding hydrogens is 238 g/mol. The van der Waals surface area contributed by atoms with Gasteiger partial charge < -0.3 is 0 Å². The highest BCUT2D eigenvalue weighted by molar-refractivity contribution is 7.90. The molecule has 1 aromatic heterocycles. The van der Waals surface area contributed by atoms with Crippen LogP contribution in [0.25, 0.3) is 0 Å². The summed E-state index contributed by atoms with van der Waals surface area (Å²) in [6, 6.07) is 0. The van der Waals surface area contributed by atoms with Gasteiger partial charge in [-0.1, -0.05) is 6.92 Å². The molecule has 0 saturated carbocycles. The molecule has 0 aliphatic heterocycles. The predicted molar refractivity (Wildman–Crippen MR) is 56.9 cm³/mol. The number of sulfone groups is 1. The van der Waals surface area contributed by atoms with Crippen LogP contribution in [0, 0.1) is 0 Å². The van der Waals surface area contributed by atoms with Crippen LogP contribution in [-0.2, 0) is 15.6 Å². The van der Waals surface area contributed by atoms with Crippen molar-refractivity contribution in [2.24, 2.45) is 5.84 Å². The minimum Gasteiger partial charge on any atom is -0.289 e. The van der Waals surface area contributed by atoms with Crippen molar-refractivity contribution in [1.82, 2.24) is 10.4 Å². The van der Waals surface area contributed by atoms with E-state index in [0.29, 0.717) is 9.88 Å². The molecular formula is C7H11N3O3S2. The zero-order valence-corrected chi connectivity index (χ0v) is 9.69. The van der Waals surface area contributed by atoms with Crippen molar-refractivity contribution in [3.05, 3.63) is 16.1 Å². The highest BCUT2D eigenvalue weighted by Gasteiger charge is 2.14. The molecule has 0 atom stereocenters. The Morgan fingerprint density at radius 1 is 1.67 bits per heavy atom. The molecule has 3 N–H and O–H groups in total. The summed E-state index contributed by atoms with van der Waals surface area (Å²) in [6.45, 7) is 1.57. The number of thiazole rings is 1. The van der Waals surface area contributed by atoms with E-state index in [9.17, 15) is 13.2 Å². The molecule has 0 fully saturated rings. The lowest BCUT2D eigenvalue weighted by Crippen LogP contribution is -2.29. The first kappa shape index (κ1) is 12.1. The molecule has 0 radical (unpaired) electrons. The Bertz CT molecular complexity index is 452. The lowest BCUT2D eigenvalue weighted by atomic mass is 10.5. The molecule has 0 aromatic carbocycles. The summed E-state index contributed by atoms with van der Waals surface area (Å²) in [5, 5.41) is 0.399. The normalized spacial score (nSPS) is 11.3. The van der Waals surface area contributed by atoms with Gasteiger partial charge in [-0.25, -0.2) is 19.2 Å². The minimum absolute atomic E-state index is 0.0605. The number of nitrogens with two attached hydrogens (primary N) is 1. The van der Waals surface area contributed by atoms with E-state index in [-0.39, 0.29) is 11.5 Å². The molecule has 0 spiro atoms. The van der Waals surface area contributed by atoms with Crippen molar-refractivity contribution in [3.8, 4) is 0 Å². The number of nitrogen functional groups attached to an aromatic ring is 1. The molecule has 0 bridgehead atoms. The van der Waals surface area contributed by atoms with Gasteiger partial charge in [0.15, 0.2) is 9.84 Å². The summed E-state index contributed by atoms with van der Waals surface area (Å²) in [5.41, 5.74) is 1.95. The van der Waals surface area contributed by atoms with Crippen LogP contribution in [0.1, 0.15) is 21.6 Å². The standard InChI is InChI=1S/C7H11N3O3S2/c1-2-15(12,13)4-6-9-3-5(14-6)7(11)10-8/h3H,2,4,8H2,1H3,(H,10,11). The number of amides is 1. The summed E-state index contributed by atoms with van der Waals surface area (Å²) >= 11 is 1.03. The Kier molecular flexibility index (Phi) is 3.77. The first-order valence-electron chi connectivity index (χ1n) is 4.14. The maximum Gasteiger partial charge on any atom is 0.276 e. The number of carbonyl (C=O) groups excluding carboxylic acids is 1. The quantitative estimate of drug-likeness (QED) is 0.432. The van der Waals surface area contributed by atoms with E-state index in [1.807, 2.05) is 5.43 Å². The fourth-order valence-corrected chi connectivity index (χ4v) is 2.89. The van der Waals surface area contributed by atoms with Crippen LogP contribution in [-0.4, -0.2) is 25.1 Å². The van der Waals surface area contributed by atoms with E-state index in [1.165, 1.54) is 6.20 Å². The summed E-state index contributed by atoms with van der Waals surface area (Å²) in [7, 11) is -3.11. The summed E-state index contributed by atoms with van der Waals surface area (Å²) in [4.78, 5) is 15.2. The van der Waals surface area contributed by atoms with Gasteiger partial charge in [0.1, 0.15) is 15.6 Å². The van der Waals surface area contributed by atoms with Gasteiger partial charge in [0.05, 0.1) is 6.20 Å². The number of hydrogen-bond donors (Lipinski definition) is 2. The summed E-state index contributed by atoms with van der Waals surface area (Å²) in [5.74, 6) is 4.39. The third-order valence-electron chi connectivity index (χ3n) is 1.69. The average molecular weight is 249 g/mol. The molecule has 6 nitrogen and oxygen atoms in total. The smallest absolute Gasteiger partial charge is 0.276 e. The second-order valence-electron chi connectivity index (χ2n) is 2.77. The highest BCUT2D eigenvalue weighted by Crippen LogP contribution is 2.15. The molecule has 1 rings (SSSR count). The maximum absolute atomic E-state index is 11.3. The fraction of sp³-hybridized carbons (Fsp3) is 0.429. The van der Waals surface area contributed by atoms with E-state index in [1.54, 1.807) is 6.92 Å². The van der Waals surface area contributed by atoms with Crippen LogP contribution < -0.4 is 11.3 Å². The number of nitrogens with zero attached hydrogens (tertiary/aromatic N) is 1. The monoisotopic (exact) mass is 249 g/mol. The Balaban J connectivity index is 2.82. The summed E-state index contributed by atoms with van der Waals surface area (Å²) < 4.78 is 22.5.